The fourth-order valence-corrected chi connectivity index (χ4v) is 2.63. The second-order valence-electron chi connectivity index (χ2n) is 5.81. The maximum atomic E-state index is 12.0. The smallest absolute Gasteiger partial charge is 0.279 e. The number of carbonyl (C=O) groups excluding carboxylic acids is 2. The Kier molecular flexibility index (Phi) is 5.33. The number of nitrogens with one attached hydrogen (secondary N) is 3. The van der Waals surface area contributed by atoms with E-state index in [2.05, 4.69) is 17.6 Å². The molecular formula is C16H24N3O2+. The predicted octanol–water partition coefficient (Wildman–Crippen LogP) is 0.300. The number of benzene rings is 1. The van der Waals surface area contributed by atoms with E-state index in [4.69, 9.17) is 0 Å². The van der Waals surface area contributed by atoms with Crippen molar-refractivity contribution in [2.75, 3.05) is 32.0 Å². The largest absolute Gasteiger partial charge is 0.355 e. The first-order chi connectivity index (χ1) is 10.1. The highest BCUT2D eigenvalue weighted by atomic mass is 16.2. The summed E-state index contributed by atoms with van der Waals surface area (Å²) >= 11 is 0. The van der Waals surface area contributed by atoms with Gasteiger partial charge in [-0.1, -0.05) is 6.92 Å². The molecule has 1 heterocycles. The van der Waals surface area contributed by atoms with Crippen LogP contribution in [0.3, 0.4) is 0 Å². The molecule has 1 aliphatic rings. The summed E-state index contributed by atoms with van der Waals surface area (Å²) in [5.74, 6) is 0.695. The summed E-state index contributed by atoms with van der Waals surface area (Å²) < 4.78 is 0. The van der Waals surface area contributed by atoms with E-state index in [-0.39, 0.29) is 11.8 Å². The molecule has 1 aromatic rings. The average Bonchev–Trinajstić information content (AvgIpc) is 2.49. The van der Waals surface area contributed by atoms with Crippen molar-refractivity contribution >= 4 is 17.5 Å². The van der Waals surface area contributed by atoms with Crippen LogP contribution in [0.25, 0.3) is 0 Å². The molecule has 0 aliphatic carbocycles. The molecule has 1 saturated heterocycles. The molecule has 5 nitrogen and oxygen atoms in total. The van der Waals surface area contributed by atoms with Crippen LogP contribution in [-0.4, -0.2) is 38.5 Å². The van der Waals surface area contributed by atoms with Crippen LogP contribution in [0.5, 0.6) is 0 Å². The van der Waals surface area contributed by atoms with Gasteiger partial charge in [0.1, 0.15) is 0 Å². The van der Waals surface area contributed by atoms with Crippen LogP contribution in [0, 0.1) is 5.92 Å². The van der Waals surface area contributed by atoms with Crippen LogP contribution in [-0.2, 0) is 4.79 Å². The van der Waals surface area contributed by atoms with Crippen LogP contribution in [0.4, 0.5) is 5.69 Å². The first-order valence-electron chi connectivity index (χ1n) is 7.54. The van der Waals surface area contributed by atoms with E-state index in [9.17, 15) is 9.59 Å². The third-order valence-electron chi connectivity index (χ3n) is 4.05. The highest BCUT2D eigenvalue weighted by Gasteiger charge is 2.21. The minimum atomic E-state index is -0.125. The van der Waals surface area contributed by atoms with Gasteiger partial charge in [-0.15, -0.1) is 0 Å². The molecule has 0 atom stereocenters. The molecule has 1 aromatic carbocycles. The lowest BCUT2D eigenvalue weighted by molar-refractivity contribution is -0.897. The number of carbonyl (C=O) groups is 2. The molecule has 2 amide bonds. The number of likely N-dealkylation sites (tertiary alicyclic amines) is 1. The fourth-order valence-electron chi connectivity index (χ4n) is 2.63. The van der Waals surface area contributed by atoms with Crippen molar-refractivity contribution in [2.45, 2.75) is 19.8 Å². The normalized spacial score (nSPS) is 21.6. The topological polar surface area (TPSA) is 62.6 Å². The molecule has 114 valence electrons. The molecule has 0 aromatic heterocycles. The maximum Gasteiger partial charge on any atom is 0.279 e. The van der Waals surface area contributed by atoms with Gasteiger partial charge in [-0.25, -0.2) is 0 Å². The number of anilines is 1. The summed E-state index contributed by atoms with van der Waals surface area (Å²) in [6, 6.07) is 6.94. The van der Waals surface area contributed by atoms with Crippen molar-refractivity contribution in [1.82, 2.24) is 5.32 Å². The Bertz CT molecular complexity index is 491. The van der Waals surface area contributed by atoms with Gasteiger partial charge in [0.15, 0.2) is 6.54 Å². The predicted molar refractivity (Wildman–Crippen MR) is 82.4 cm³/mol. The maximum absolute atomic E-state index is 12.0. The number of hydrogen-bond donors (Lipinski definition) is 3. The molecule has 5 heteroatoms. The second-order valence-corrected chi connectivity index (χ2v) is 5.81. The van der Waals surface area contributed by atoms with Crippen LogP contribution in [0.1, 0.15) is 30.1 Å². The molecule has 3 N–H and O–H groups in total. The van der Waals surface area contributed by atoms with Crippen LogP contribution in [0.2, 0.25) is 0 Å². The minimum Gasteiger partial charge on any atom is -0.355 e. The fraction of sp³-hybridized carbons (Fsp3) is 0.500. The lowest BCUT2D eigenvalue weighted by atomic mass is 9.99. The van der Waals surface area contributed by atoms with Gasteiger partial charge in [-0.2, -0.15) is 0 Å². The van der Waals surface area contributed by atoms with Crippen molar-refractivity contribution < 1.29 is 14.5 Å². The number of piperidine rings is 1. The van der Waals surface area contributed by atoms with E-state index in [1.165, 1.54) is 17.7 Å². The molecule has 21 heavy (non-hydrogen) atoms. The molecule has 0 spiro atoms. The van der Waals surface area contributed by atoms with E-state index >= 15 is 0 Å². The van der Waals surface area contributed by atoms with Gasteiger partial charge in [0.2, 0.25) is 0 Å². The summed E-state index contributed by atoms with van der Waals surface area (Å²) in [4.78, 5) is 24.8. The van der Waals surface area contributed by atoms with Gasteiger partial charge in [-0.05, 0) is 43.0 Å². The van der Waals surface area contributed by atoms with E-state index < -0.39 is 0 Å². The van der Waals surface area contributed by atoms with Crippen LogP contribution >= 0.6 is 0 Å². The Hall–Kier alpha value is -1.88. The first-order valence-corrected chi connectivity index (χ1v) is 7.54. The summed E-state index contributed by atoms with van der Waals surface area (Å²) in [5, 5.41) is 5.46. The third kappa shape index (κ3) is 4.56. The Labute approximate surface area is 125 Å². The lowest BCUT2D eigenvalue weighted by Gasteiger charge is -2.26. The third-order valence-corrected chi connectivity index (χ3v) is 4.05. The lowest BCUT2D eigenvalue weighted by Crippen LogP contribution is -3.14. The second kappa shape index (κ2) is 7.22. The highest BCUT2D eigenvalue weighted by molar-refractivity contribution is 5.95. The standard InChI is InChI=1S/C16H23N3O2/c1-12-7-9-19(10-8-12)11-15(20)18-14-5-3-13(4-6-14)16(21)17-2/h3-6,12H,7-11H2,1-2H3,(H,17,21)(H,18,20)/p+1. The molecule has 1 fully saturated rings. The minimum absolute atomic E-state index is 0.0345. The number of hydrogen-bond acceptors (Lipinski definition) is 2. The van der Waals surface area contributed by atoms with Gasteiger partial charge < -0.3 is 15.5 Å². The summed E-state index contributed by atoms with van der Waals surface area (Å²) in [5.41, 5.74) is 1.32. The van der Waals surface area contributed by atoms with E-state index in [0.29, 0.717) is 12.1 Å². The van der Waals surface area contributed by atoms with E-state index in [0.717, 1.165) is 24.7 Å². The SMILES string of the molecule is CNC(=O)c1ccc(NC(=O)C[NH+]2CCC(C)CC2)cc1. The van der Waals surface area contributed by atoms with Gasteiger partial charge >= 0.3 is 0 Å². The Morgan fingerprint density at radius 3 is 2.38 bits per heavy atom. The summed E-state index contributed by atoms with van der Waals surface area (Å²) in [6.45, 7) is 4.93. The monoisotopic (exact) mass is 290 g/mol. The van der Waals surface area contributed by atoms with Crippen LogP contribution < -0.4 is 15.5 Å². The summed E-state index contributed by atoms with van der Waals surface area (Å²) in [7, 11) is 1.60. The van der Waals surface area contributed by atoms with Crippen molar-refractivity contribution in [3.8, 4) is 0 Å². The van der Waals surface area contributed by atoms with Crippen molar-refractivity contribution in [3.63, 3.8) is 0 Å². The van der Waals surface area contributed by atoms with Crippen molar-refractivity contribution in [2.24, 2.45) is 5.92 Å². The molecule has 0 saturated carbocycles. The molecule has 0 radical (unpaired) electrons. The molecule has 2 rings (SSSR count). The number of quaternary nitrogens is 1. The Morgan fingerprint density at radius 2 is 1.81 bits per heavy atom. The van der Waals surface area contributed by atoms with Gasteiger partial charge in [0.25, 0.3) is 11.8 Å². The zero-order valence-corrected chi connectivity index (χ0v) is 12.7. The molecule has 0 bridgehead atoms. The molecular weight excluding hydrogens is 266 g/mol. The number of amides is 2. The summed E-state index contributed by atoms with van der Waals surface area (Å²) in [6.07, 6.45) is 2.40. The quantitative estimate of drug-likeness (QED) is 0.747. The highest BCUT2D eigenvalue weighted by Crippen LogP contribution is 2.09. The first kappa shape index (κ1) is 15.5. The van der Waals surface area contributed by atoms with E-state index in [1.54, 1.807) is 31.3 Å². The van der Waals surface area contributed by atoms with E-state index in [1.807, 2.05) is 0 Å². The van der Waals surface area contributed by atoms with Crippen molar-refractivity contribution in [3.05, 3.63) is 29.8 Å². The van der Waals surface area contributed by atoms with Crippen LogP contribution in [0.15, 0.2) is 24.3 Å². The Balaban J connectivity index is 1.83. The van der Waals surface area contributed by atoms with Gasteiger partial charge in [-0.3, -0.25) is 9.59 Å². The van der Waals surface area contributed by atoms with Gasteiger partial charge in [0, 0.05) is 18.3 Å². The molecule has 0 unspecified atom stereocenters. The zero-order valence-electron chi connectivity index (χ0n) is 12.7. The van der Waals surface area contributed by atoms with Gasteiger partial charge in [0.05, 0.1) is 13.1 Å². The molecule has 1 aliphatic heterocycles. The number of rotatable bonds is 4. The van der Waals surface area contributed by atoms with Crippen molar-refractivity contribution in [1.29, 1.82) is 0 Å². The zero-order chi connectivity index (χ0) is 15.2. The Morgan fingerprint density at radius 1 is 1.19 bits per heavy atom. The average molecular weight is 290 g/mol.